The highest BCUT2D eigenvalue weighted by Crippen LogP contribution is 1.90. The fourth-order valence-corrected chi connectivity index (χ4v) is 0.922. The Morgan fingerprint density at radius 3 is 2.69 bits per heavy atom. The average Bonchev–Trinajstić information content (AvgIpc) is 2.14. The zero-order chi connectivity index (χ0) is 9.94. The number of nitrogens with zero attached hydrogens (tertiary/aromatic N) is 2. The van der Waals surface area contributed by atoms with Crippen molar-refractivity contribution in [1.82, 2.24) is 4.90 Å². The Hall–Kier alpha value is -0.590. The molecule has 0 rings (SSSR count). The highest BCUT2D eigenvalue weighted by atomic mass is 16.5. The highest BCUT2D eigenvalue weighted by Gasteiger charge is 1.96. The number of ether oxygens (including phenoxy) is 1. The molecule has 0 aromatic carbocycles. The Balaban J connectivity index is 3.08. The number of unbranched alkanes of at least 4 members (excludes halogenated alkanes) is 1. The van der Waals surface area contributed by atoms with Crippen LogP contribution in [0.15, 0.2) is 0 Å². The molecule has 0 N–H and O–H groups in total. The lowest BCUT2D eigenvalue weighted by atomic mass is 10.4. The van der Waals surface area contributed by atoms with Gasteiger partial charge in [0.05, 0.1) is 12.7 Å². The molecule has 0 aromatic heterocycles. The quantitative estimate of drug-likeness (QED) is 0.538. The van der Waals surface area contributed by atoms with E-state index in [-0.39, 0.29) is 0 Å². The van der Waals surface area contributed by atoms with Crippen molar-refractivity contribution in [3.63, 3.8) is 0 Å². The summed E-state index contributed by atoms with van der Waals surface area (Å²) in [7, 11) is 2.01. The molecule has 0 aliphatic carbocycles. The van der Waals surface area contributed by atoms with Gasteiger partial charge in [0, 0.05) is 26.1 Å². The van der Waals surface area contributed by atoms with E-state index in [0.29, 0.717) is 6.42 Å². The first-order chi connectivity index (χ1) is 6.31. The molecule has 76 valence electrons. The normalized spacial score (nSPS) is 10.3. The van der Waals surface area contributed by atoms with Gasteiger partial charge in [-0.25, -0.2) is 0 Å². The minimum absolute atomic E-state index is 0.603. The van der Waals surface area contributed by atoms with Crippen molar-refractivity contribution < 1.29 is 4.74 Å². The number of hydrogen-bond donors (Lipinski definition) is 0. The SMILES string of the molecule is CCCCOCCN(C)CCC#N. The molecule has 3 nitrogen and oxygen atoms in total. The molecule has 0 aliphatic rings. The van der Waals surface area contributed by atoms with Crippen LogP contribution in [0.25, 0.3) is 0 Å². The predicted octanol–water partition coefficient (Wildman–Crippen LogP) is 1.65. The molecular formula is C10H20N2O. The van der Waals surface area contributed by atoms with Crippen LogP contribution in [-0.4, -0.2) is 38.3 Å². The van der Waals surface area contributed by atoms with Crippen molar-refractivity contribution >= 4 is 0 Å². The zero-order valence-electron chi connectivity index (χ0n) is 8.75. The highest BCUT2D eigenvalue weighted by molar-refractivity contribution is 4.70. The summed E-state index contributed by atoms with van der Waals surface area (Å²) in [5, 5.41) is 8.35. The Morgan fingerprint density at radius 2 is 2.08 bits per heavy atom. The second kappa shape index (κ2) is 9.50. The maximum absolute atomic E-state index is 8.35. The summed E-state index contributed by atoms with van der Waals surface area (Å²) in [6, 6.07) is 2.13. The Labute approximate surface area is 81.3 Å². The average molecular weight is 184 g/mol. The van der Waals surface area contributed by atoms with Crippen LogP contribution in [-0.2, 0) is 4.74 Å². The summed E-state index contributed by atoms with van der Waals surface area (Å²) < 4.78 is 5.40. The maximum Gasteiger partial charge on any atom is 0.0635 e. The van der Waals surface area contributed by atoms with E-state index in [0.717, 1.165) is 32.7 Å². The van der Waals surface area contributed by atoms with Crippen LogP contribution >= 0.6 is 0 Å². The summed E-state index contributed by atoms with van der Waals surface area (Å²) in [5.74, 6) is 0. The third-order valence-corrected chi connectivity index (χ3v) is 1.86. The van der Waals surface area contributed by atoms with Gasteiger partial charge in [-0.1, -0.05) is 13.3 Å². The van der Waals surface area contributed by atoms with Crippen LogP contribution in [0.5, 0.6) is 0 Å². The summed E-state index contributed by atoms with van der Waals surface area (Å²) in [6.45, 7) is 5.56. The second-order valence-electron chi connectivity index (χ2n) is 3.18. The zero-order valence-corrected chi connectivity index (χ0v) is 8.75. The summed E-state index contributed by atoms with van der Waals surface area (Å²) in [5.41, 5.74) is 0. The van der Waals surface area contributed by atoms with Crippen LogP contribution in [0.4, 0.5) is 0 Å². The smallest absolute Gasteiger partial charge is 0.0635 e. The van der Waals surface area contributed by atoms with Crippen LogP contribution in [0, 0.1) is 11.3 Å². The fourth-order valence-electron chi connectivity index (χ4n) is 0.922. The van der Waals surface area contributed by atoms with Gasteiger partial charge in [0.25, 0.3) is 0 Å². The molecule has 0 amide bonds. The predicted molar refractivity (Wildman–Crippen MR) is 53.5 cm³/mol. The van der Waals surface area contributed by atoms with Gasteiger partial charge in [0.1, 0.15) is 0 Å². The Bertz CT molecular complexity index is 142. The largest absolute Gasteiger partial charge is 0.380 e. The lowest BCUT2D eigenvalue weighted by Crippen LogP contribution is -2.24. The number of likely N-dealkylation sites (N-methyl/N-ethyl adjacent to an activating group) is 1. The van der Waals surface area contributed by atoms with Gasteiger partial charge in [0.2, 0.25) is 0 Å². The van der Waals surface area contributed by atoms with Gasteiger partial charge < -0.3 is 9.64 Å². The molecule has 0 saturated carbocycles. The first kappa shape index (κ1) is 12.4. The van der Waals surface area contributed by atoms with E-state index in [1.54, 1.807) is 0 Å². The van der Waals surface area contributed by atoms with Gasteiger partial charge in [-0.15, -0.1) is 0 Å². The number of nitriles is 1. The molecule has 0 fully saturated rings. The Morgan fingerprint density at radius 1 is 1.31 bits per heavy atom. The van der Waals surface area contributed by atoms with E-state index in [1.807, 2.05) is 7.05 Å². The molecule has 0 aromatic rings. The van der Waals surface area contributed by atoms with Gasteiger partial charge in [-0.2, -0.15) is 5.26 Å². The first-order valence-electron chi connectivity index (χ1n) is 4.94. The second-order valence-corrected chi connectivity index (χ2v) is 3.18. The number of rotatable bonds is 8. The minimum atomic E-state index is 0.603. The van der Waals surface area contributed by atoms with E-state index in [2.05, 4.69) is 17.9 Å². The topological polar surface area (TPSA) is 36.3 Å². The molecule has 0 atom stereocenters. The Kier molecular flexibility index (Phi) is 9.07. The van der Waals surface area contributed by atoms with Crippen molar-refractivity contribution in [1.29, 1.82) is 5.26 Å². The van der Waals surface area contributed by atoms with Crippen LogP contribution in [0.3, 0.4) is 0 Å². The van der Waals surface area contributed by atoms with Crippen LogP contribution in [0.1, 0.15) is 26.2 Å². The molecule has 13 heavy (non-hydrogen) atoms. The molecule has 0 saturated heterocycles. The minimum Gasteiger partial charge on any atom is -0.380 e. The van der Waals surface area contributed by atoms with Crippen molar-refractivity contribution in [2.24, 2.45) is 0 Å². The van der Waals surface area contributed by atoms with E-state index < -0.39 is 0 Å². The lowest BCUT2D eigenvalue weighted by molar-refractivity contribution is 0.110. The maximum atomic E-state index is 8.35. The van der Waals surface area contributed by atoms with Crippen LogP contribution < -0.4 is 0 Å². The standard InChI is InChI=1S/C10H20N2O/c1-3-4-9-13-10-8-12(2)7-5-6-11/h3-5,7-10H2,1-2H3. The van der Waals surface area contributed by atoms with E-state index in [1.165, 1.54) is 6.42 Å². The molecular weight excluding hydrogens is 164 g/mol. The van der Waals surface area contributed by atoms with Gasteiger partial charge in [-0.05, 0) is 13.5 Å². The third-order valence-electron chi connectivity index (χ3n) is 1.86. The molecule has 0 heterocycles. The molecule has 0 aliphatic heterocycles. The molecule has 0 radical (unpaired) electrons. The van der Waals surface area contributed by atoms with Crippen molar-refractivity contribution in [3.05, 3.63) is 0 Å². The summed E-state index contributed by atoms with van der Waals surface area (Å²) in [6.07, 6.45) is 2.93. The fraction of sp³-hybridized carbons (Fsp3) is 0.900. The van der Waals surface area contributed by atoms with Crippen molar-refractivity contribution in [2.75, 3.05) is 33.4 Å². The monoisotopic (exact) mass is 184 g/mol. The van der Waals surface area contributed by atoms with Gasteiger partial charge >= 0.3 is 0 Å². The third kappa shape index (κ3) is 9.32. The van der Waals surface area contributed by atoms with E-state index in [9.17, 15) is 0 Å². The molecule has 3 heteroatoms. The lowest BCUT2D eigenvalue weighted by Gasteiger charge is -2.14. The number of hydrogen-bond acceptors (Lipinski definition) is 3. The van der Waals surface area contributed by atoms with Crippen LogP contribution in [0.2, 0.25) is 0 Å². The molecule has 0 unspecified atom stereocenters. The van der Waals surface area contributed by atoms with E-state index in [4.69, 9.17) is 10.00 Å². The van der Waals surface area contributed by atoms with Gasteiger partial charge in [0.15, 0.2) is 0 Å². The van der Waals surface area contributed by atoms with Gasteiger partial charge in [-0.3, -0.25) is 0 Å². The first-order valence-corrected chi connectivity index (χ1v) is 4.94. The summed E-state index contributed by atoms with van der Waals surface area (Å²) >= 11 is 0. The van der Waals surface area contributed by atoms with Crippen molar-refractivity contribution in [3.8, 4) is 6.07 Å². The van der Waals surface area contributed by atoms with E-state index >= 15 is 0 Å². The molecule has 0 spiro atoms. The molecule has 0 bridgehead atoms. The summed E-state index contributed by atoms with van der Waals surface area (Å²) in [4.78, 5) is 2.12. The van der Waals surface area contributed by atoms with Crippen molar-refractivity contribution in [2.45, 2.75) is 26.2 Å².